The molecule has 1 nitrogen and oxygen atoms in total. The van der Waals surface area contributed by atoms with Crippen molar-refractivity contribution in [2.24, 2.45) is 0 Å². The lowest BCUT2D eigenvalue weighted by Gasteiger charge is -2.02. The molecule has 1 saturated heterocycles. The van der Waals surface area contributed by atoms with Crippen molar-refractivity contribution in [1.82, 2.24) is 4.90 Å². The Morgan fingerprint density at radius 1 is 1.00 bits per heavy atom. The van der Waals surface area contributed by atoms with Crippen LogP contribution in [0.5, 0.6) is 0 Å². The first kappa shape index (κ1) is 8.49. The minimum absolute atomic E-state index is 0.934. The van der Waals surface area contributed by atoms with Crippen LogP contribution in [0.1, 0.15) is 31.2 Å². The fourth-order valence-electron chi connectivity index (χ4n) is 2.84. The molecule has 74 valence electrons. The molecule has 3 rings (SSSR count). The van der Waals surface area contributed by atoms with Crippen molar-refractivity contribution in [2.75, 3.05) is 0 Å². The molecule has 0 radical (unpaired) electrons. The van der Waals surface area contributed by atoms with Crippen molar-refractivity contribution < 1.29 is 0 Å². The normalized spacial score (nSPS) is 35.0. The second-order valence-corrected chi connectivity index (χ2v) is 4.58. The molecule has 0 amide bonds. The van der Waals surface area contributed by atoms with Crippen molar-refractivity contribution in [1.29, 1.82) is 0 Å². The minimum atomic E-state index is 0.934. The van der Waals surface area contributed by atoms with Crippen LogP contribution in [-0.4, -0.2) is 17.0 Å². The smallest absolute Gasteiger partial charge is 0.0258 e. The van der Waals surface area contributed by atoms with Gasteiger partial charge in [0.05, 0.1) is 0 Å². The molecule has 2 aliphatic rings. The Balaban J connectivity index is 1.64. The molecule has 0 aromatic heterocycles. The lowest BCUT2D eigenvalue weighted by atomic mass is 10.0. The topological polar surface area (TPSA) is 3.01 Å². The maximum atomic E-state index is 2.67. The molecule has 2 fully saturated rings. The highest BCUT2D eigenvalue weighted by atomic mass is 15.3. The molecule has 1 aliphatic heterocycles. The van der Waals surface area contributed by atoms with Gasteiger partial charge in [-0.15, -0.1) is 0 Å². The van der Waals surface area contributed by atoms with Gasteiger partial charge in [0.25, 0.3) is 0 Å². The SMILES string of the molecule is c1ccc(CN2[C@@H]3CCCC[C@@H]32)cc1. The summed E-state index contributed by atoms with van der Waals surface area (Å²) < 4.78 is 0. The average Bonchev–Trinajstić information content (AvgIpc) is 2.94. The predicted molar refractivity (Wildman–Crippen MR) is 58.0 cm³/mol. The number of benzene rings is 1. The van der Waals surface area contributed by atoms with Crippen LogP contribution in [0.2, 0.25) is 0 Å². The highest BCUT2D eigenvalue weighted by molar-refractivity contribution is 5.17. The van der Waals surface area contributed by atoms with Gasteiger partial charge in [-0.25, -0.2) is 0 Å². The van der Waals surface area contributed by atoms with E-state index >= 15 is 0 Å². The van der Waals surface area contributed by atoms with E-state index in [-0.39, 0.29) is 0 Å². The maximum Gasteiger partial charge on any atom is 0.0258 e. The summed E-state index contributed by atoms with van der Waals surface area (Å²) in [4.78, 5) is 2.67. The highest BCUT2D eigenvalue weighted by Crippen LogP contribution is 2.41. The van der Waals surface area contributed by atoms with Crippen molar-refractivity contribution in [3.63, 3.8) is 0 Å². The van der Waals surface area contributed by atoms with Crippen molar-refractivity contribution >= 4 is 0 Å². The van der Waals surface area contributed by atoms with Crippen LogP contribution in [0.15, 0.2) is 30.3 Å². The van der Waals surface area contributed by atoms with Gasteiger partial charge in [0, 0.05) is 18.6 Å². The summed E-state index contributed by atoms with van der Waals surface area (Å²) in [5.74, 6) is 0. The molecule has 1 aliphatic carbocycles. The van der Waals surface area contributed by atoms with Crippen molar-refractivity contribution in [3.05, 3.63) is 35.9 Å². The highest BCUT2D eigenvalue weighted by Gasteiger charge is 2.47. The second-order valence-electron chi connectivity index (χ2n) is 4.58. The van der Waals surface area contributed by atoms with Crippen LogP contribution < -0.4 is 0 Å². The van der Waals surface area contributed by atoms with Crippen LogP contribution in [-0.2, 0) is 6.54 Å². The molecule has 1 aromatic carbocycles. The number of nitrogens with zero attached hydrogens (tertiary/aromatic N) is 1. The van der Waals surface area contributed by atoms with E-state index in [0.717, 1.165) is 12.1 Å². The third-order valence-electron chi connectivity index (χ3n) is 3.66. The summed E-state index contributed by atoms with van der Waals surface area (Å²) in [5.41, 5.74) is 1.47. The summed E-state index contributed by atoms with van der Waals surface area (Å²) in [6, 6.07) is 12.7. The van der Waals surface area contributed by atoms with Crippen molar-refractivity contribution in [3.8, 4) is 0 Å². The molecule has 3 atom stereocenters. The van der Waals surface area contributed by atoms with Gasteiger partial charge in [-0.05, 0) is 18.4 Å². The minimum Gasteiger partial charge on any atom is -0.290 e. The van der Waals surface area contributed by atoms with E-state index in [4.69, 9.17) is 0 Å². The Kier molecular flexibility index (Phi) is 2.06. The molecule has 1 saturated carbocycles. The Morgan fingerprint density at radius 2 is 1.64 bits per heavy atom. The lowest BCUT2D eigenvalue weighted by Crippen LogP contribution is -2.01. The zero-order chi connectivity index (χ0) is 9.38. The third kappa shape index (κ3) is 1.46. The first-order valence-electron chi connectivity index (χ1n) is 5.75. The molecule has 0 spiro atoms. The lowest BCUT2D eigenvalue weighted by molar-refractivity contribution is 0.473. The van der Waals surface area contributed by atoms with Crippen LogP contribution in [0, 0.1) is 0 Å². The van der Waals surface area contributed by atoms with E-state index < -0.39 is 0 Å². The molecule has 0 bridgehead atoms. The molecule has 14 heavy (non-hydrogen) atoms. The number of rotatable bonds is 2. The zero-order valence-electron chi connectivity index (χ0n) is 8.52. The van der Waals surface area contributed by atoms with E-state index in [2.05, 4.69) is 35.2 Å². The molecule has 1 heteroatoms. The van der Waals surface area contributed by atoms with Crippen LogP contribution in [0.4, 0.5) is 0 Å². The monoisotopic (exact) mass is 187 g/mol. The molecular weight excluding hydrogens is 170 g/mol. The largest absolute Gasteiger partial charge is 0.290 e. The maximum absolute atomic E-state index is 2.67. The van der Waals surface area contributed by atoms with Gasteiger partial charge in [0.15, 0.2) is 0 Å². The van der Waals surface area contributed by atoms with E-state index in [1.807, 2.05) is 0 Å². The van der Waals surface area contributed by atoms with Crippen LogP contribution in [0.3, 0.4) is 0 Å². The number of hydrogen-bond donors (Lipinski definition) is 0. The molecule has 1 unspecified atom stereocenters. The van der Waals surface area contributed by atoms with Gasteiger partial charge in [-0.3, -0.25) is 4.90 Å². The predicted octanol–water partition coefficient (Wildman–Crippen LogP) is 2.81. The molecule has 0 N–H and O–H groups in total. The number of fused-ring (bicyclic) bond motifs is 1. The van der Waals surface area contributed by atoms with Crippen LogP contribution in [0.25, 0.3) is 0 Å². The summed E-state index contributed by atoms with van der Waals surface area (Å²) >= 11 is 0. The van der Waals surface area contributed by atoms with E-state index in [0.29, 0.717) is 0 Å². The summed E-state index contributed by atoms with van der Waals surface area (Å²) in [6.07, 6.45) is 5.79. The standard InChI is InChI=1S/C13H17N/c1-2-6-11(7-3-1)10-14-12-8-4-5-9-13(12)14/h1-3,6-7,12-13H,4-5,8-10H2/t12-,13+,14?. The van der Waals surface area contributed by atoms with E-state index in [9.17, 15) is 0 Å². The van der Waals surface area contributed by atoms with E-state index in [1.54, 1.807) is 0 Å². The molecule has 1 aromatic rings. The number of hydrogen-bond acceptors (Lipinski definition) is 1. The Bertz CT molecular complexity index is 294. The second kappa shape index (κ2) is 3.39. The Labute approximate surface area is 85.7 Å². The van der Waals surface area contributed by atoms with Crippen molar-refractivity contribution in [2.45, 2.75) is 44.3 Å². The van der Waals surface area contributed by atoms with Gasteiger partial charge in [0.2, 0.25) is 0 Å². The molecular formula is C13H17N. The number of likely N-dealkylation sites (tertiary alicyclic amines) is 1. The van der Waals surface area contributed by atoms with E-state index in [1.165, 1.54) is 37.8 Å². The summed E-state index contributed by atoms with van der Waals surface area (Å²) in [6.45, 7) is 1.18. The van der Waals surface area contributed by atoms with Gasteiger partial charge in [-0.2, -0.15) is 0 Å². The van der Waals surface area contributed by atoms with Gasteiger partial charge in [0.1, 0.15) is 0 Å². The average molecular weight is 187 g/mol. The van der Waals surface area contributed by atoms with Gasteiger partial charge < -0.3 is 0 Å². The first-order chi connectivity index (χ1) is 6.95. The Hall–Kier alpha value is -0.820. The molecule has 1 heterocycles. The summed E-state index contributed by atoms with van der Waals surface area (Å²) in [5, 5.41) is 0. The third-order valence-corrected chi connectivity index (χ3v) is 3.66. The van der Waals surface area contributed by atoms with Gasteiger partial charge in [-0.1, -0.05) is 43.2 Å². The van der Waals surface area contributed by atoms with Gasteiger partial charge >= 0.3 is 0 Å². The fourth-order valence-corrected chi connectivity index (χ4v) is 2.84. The van der Waals surface area contributed by atoms with Crippen LogP contribution >= 0.6 is 0 Å². The summed E-state index contributed by atoms with van der Waals surface area (Å²) in [7, 11) is 0. The zero-order valence-corrected chi connectivity index (χ0v) is 8.52. The quantitative estimate of drug-likeness (QED) is 0.643. The first-order valence-corrected chi connectivity index (χ1v) is 5.75. The fraction of sp³-hybridized carbons (Fsp3) is 0.538. The Morgan fingerprint density at radius 3 is 2.29 bits per heavy atom.